The smallest absolute Gasteiger partial charge is 0.0813 e. The Hall–Kier alpha value is -0.800. The Balaban J connectivity index is 2.61. The van der Waals surface area contributed by atoms with Gasteiger partial charge in [0.05, 0.1) is 5.60 Å². The van der Waals surface area contributed by atoms with Gasteiger partial charge in [-0.05, 0) is 53.2 Å². The van der Waals surface area contributed by atoms with Crippen LogP contribution in [0.5, 0.6) is 0 Å². The van der Waals surface area contributed by atoms with Crippen molar-refractivity contribution in [3.05, 3.63) is 23.0 Å². The average molecular weight is 224 g/mol. The van der Waals surface area contributed by atoms with Crippen molar-refractivity contribution in [1.82, 2.24) is 10.0 Å². The minimum atomic E-state index is -0.143. The van der Waals surface area contributed by atoms with E-state index in [0.29, 0.717) is 0 Å². The summed E-state index contributed by atoms with van der Waals surface area (Å²) < 4.78 is 2.31. The average Bonchev–Trinajstić information content (AvgIpc) is 2.40. The zero-order valence-corrected chi connectivity index (χ0v) is 11.3. The van der Waals surface area contributed by atoms with Crippen molar-refractivity contribution in [1.29, 1.82) is 0 Å². The quantitative estimate of drug-likeness (QED) is 0.796. The van der Waals surface area contributed by atoms with Gasteiger partial charge in [-0.25, -0.2) is 0 Å². The number of rotatable bonds is 4. The lowest BCUT2D eigenvalue weighted by Gasteiger charge is -2.19. The second-order valence-corrected chi connectivity index (χ2v) is 5.18. The van der Waals surface area contributed by atoms with Crippen molar-refractivity contribution in [3.63, 3.8) is 0 Å². The lowest BCUT2D eigenvalue weighted by molar-refractivity contribution is -0.0758. The molecule has 0 aliphatic rings. The molecular formula is C13H24N2O. The Kier molecular flexibility index (Phi) is 4.16. The van der Waals surface area contributed by atoms with E-state index in [9.17, 15) is 0 Å². The predicted octanol–water partition coefficient (Wildman–Crippen LogP) is 2.94. The molecule has 1 aromatic rings. The molecule has 1 heterocycles. The van der Waals surface area contributed by atoms with Crippen molar-refractivity contribution in [2.75, 3.05) is 0 Å². The van der Waals surface area contributed by atoms with Crippen LogP contribution in [0.25, 0.3) is 0 Å². The number of hydroxylamine groups is 1. The number of aromatic nitrogens is 1. The van der Waals surface area contributed by atoms with E-state index in [0.717, 1.165) is 13.1 Å². The third kappa shape index (κ3) is 3.35. The van der Waals surface area contributed by atoms with Gasteiger partial charge in [0.15, 0.2) is 0 Å². The Morgan fingerprint density at radius 3 is 2.38 bits per heavy atom. The van der Waals surface area contributed by atoms with E-state index in [-0.39, 0.29) is 5.60 Å². The van der Waals surface area contributed by atoms with Crippen LogP contribution in [0, 0.1) is 13.8 Å². The highest BCUT2D eigenvalue weighted by molar-refractivity contribution is 5.26. The standard InChI is InChI=1S/C13H24N2O/c1-7-15-10(2)8-12(11(15)3)9-14-16-13(4,5)6/h8,14H,7,9H2,1-6H3. The maximum atomic E-state index is 5.51. The van der Waals surface area contributed by atoms with Gasteiger partial charge in [0, 0.05) is 24.5 Å². The maximum absolute atomic E-state index is 5.51. The fourth-order valence-corrected chi connectivity index (χ4v) is 1.87. The van der Waals surface area contributed by atoms with E-state index < -0.39 is 0 Å². The largest absolute Gasteiger partial charge is 0.349 e. The summed E-state index contributed by atoms with van der Waals surface area (Å²) in [4.78, 5) is 5.51. The van der Waals surface area contributed by atoms with Gasteiger partial charge in [0.1, 0.15) is 0 Å². The summed E-state index contributed by atoms with van der Waals surface area (Å²) in [7, 11) is 0. The van der Waals surface area contributed by atoms with Crippen LogP contribution in [0.3, 0.4) is 0 Å². The van der Waals surface area contributed by atoms with Crippen LogP contribution in [0.1, 0.15) is 44.6 Å². The summed E-state index contributed by atoms with van der Waals surface area (Å²) in [5, 5.41) is 0. The summed E-state index contributed by atoms with van der Waals surface area (Å²) in [6.45, 7) is 14.4. The molecule has 0 atom stereocenters. The van der Waals surface area contributed by atoms with Crippen LogP contribution in [0.2, 0.25) is 0 Å². The van der Waals surface area contributed by atoms with Crippen molar-refractivity contribution in [3.8, 4) is 0 Å². The molecule has 0 amide bonds. The molecule has 1 aromatic heterocycles. The normalized spacial score (nSPS) is 12.1. The van der Waals surface area contributed by atoms with E-state index in [4.69, 9.17) is 4.84 Å². The van der Waals surface area contributed by atoms with E-state index in [1.165, 1.54) is 17.0 Å². The number of hydrogen-bond donors (Lipinski definition) is 1. The van der Waals surface area contributed by atoms with Gasteiger partial charge in [-0.2, -0.15) is 5.48 Å². The summed E-state index contributed by atoms with van der Waals surface area (Å²) in [5.74, 6) is 0. The van der Waals surface area contributed by atoms with E-state index >= 15 is 0 Å². The van der Waals surface area contributed by atoms with Crippen LogP contribution in [0.4, 0.5) is 0 Å². The van der Waals surface area contributed by atoms with Gasteiger partial charge in [0.25, 0.3) is 0 Å². The Labute approximate surface area is 98.8 Å². The zero-order chi connectivity index (χ0) is 12.3. The van der Waals surface area contributed by atoms with Gasteiger partial charge in [-0.15, -0.1) is 0 Å². The van der Waals surface area contributed by atoms with E-state index in [1.54, 1.807) is 0 Å². The first kappa shape index (κ1) is 13.3. The first-order chi connectivity index (χ1) is 7.35. The monoisotopic (exact) mass is 224 g/mol. The van der Waals surface area contributed by atoms with Crippen molar-refractivity contribution in [2.24, 2.45) is 0 Å². The van der Waals surface area contributed by atoms with Gasteiger partial charge in [-0.3, -0.25) is 4.84 Å². The molecule has 3 nitrogen and oxygen atoms in total. The fraction of sp³-hybridized carbons (Fsp3) is 0.692. The zero-order valence-electron chi connectivity index (χ0n) is 11.3. The number of nitrogens with zero attached hydrogens (tertiary/aromatic N) is 1. The van der Waals surface area contributed by atoms with E-state index in [1.807, 2.05) is 20.8 Å². The number of nitrogens with one attached hydrogen (secondary N) is 1. The second kappa shape index (κ2) is 5.02. The predicted molar refractivity (Wildman–Crippen MR) is 67.3 cm³/mol. The lowest BCUT2D eigenvalue weighted by atomic mass is 10.2. The molecular weight excluding hydrogens is 200 g/mol. The molecule has 0 radical (unpaired) electrons. The minimum Gasteiger partial charge on any atom is -0.349 e. The van der Waals surface area contributed by atoms with Crippen LogP contribution in [-0.4, -0.2) is 10.2 Å². The molecule has 0 bridgehead atoms. The summed E-state index contributed by atoms with van der Waals surface area (Å²) in [6.07, 6.45) is 0. The maximum Gasteiger partial charge on any atom is 0.0813 e. The molecule has 92 valence electrons. The summed E-state index contributed by atoms with van der Waals surface area (Å²) in [6, 6.07) is 2.22. The van der Waals surface area contributed by atoms with Gasteiger partial charge in [-0.1, -0.05) is 0 Å². The van der Waals surface area contributed by atoms with Crippen LogP contribution in [0.15, 0.2) is 6.07 Å². The molecule has 0 fully saturated rings. The highest BCUT2D eigenvalue weighted by atomic mass is 16.7. The highest BCUT2D eigenvalue weighted by Gasteiger charge is 2.11. The van der Waals surface area contributed by atoms with Crippen LogP contribution < -0.4 is 5.48 Å². The molecule has 1 N–H and O–H groups in total. The third-order valence-electron chi connectivity index (χ3n) is 2.64. The minimum absolute atomic E-state index is 0.143. The molecule has 0 aromatic carbocycles. The number of hydrogen-bond acceptors (Lipinski definition) is 2. The lowest BCUT2D eigenvalue weighted by Crippen LogP contribution is -2.28. The summed E-state index contributed by atoms with van der Waals surface area (Å²) in [5.41, 5.74) is 6.84. The van der Waals surface area contributed by atoms with Crippen molar-refractivity contribution < 1.29 is 4.84 Å². The van der Waals surface area contributed by atoms with Crippen molar-refractivity contribution >= 4 is 0 Å². The Morgan fingerprint density at radius 1 is 1.31 bits per heavy atom. The molecule has 1 rings (SSSR count). The molecule has 0 aliphatic carbocycles. The molecule has 0 spiro atoms. The molecule has 0 unspecified atom stereocenters. The van der Waals surface area contributed by atoms with Gasteiger partial charge in [0.2, 0.25) is 0 Å². The van der Waals surface area contributed by atoms with Gasteiger partial charge >= 0.3 is 0 Å². The topological polar surface area (TPSA) is 26.2 Å². The first-order valence-corrected chi connectivity index (χ1v) is 5.91. The van der Waals surface area contributed by atoms with Gasteiger partial charge < -0.3 is 4.57 Å². The SMILES string of the molecule is CCn1c(C)cc(CNOC(C)(C)C)c1C. The molecule has 0 saturated heterocycles. The highest BCUT2D eigenvalue weighted by Crippen LogP contribution is 2.15. The first-order valence-electron chi connectivity index (χ1n) is 5.91. The molecule has 0 saturated carbocycles. The Morgan fingerprint density at radius 2 is 1.94 bits per heavy atom. The molecule has 3 heteroatoms. The van der Waals surface area contributed by atoms with Crippen molar-refractivity contribution in [2.45, 2.75) is 60.2 Å². The summed E-state index contributed by atoms with van der Waals surface area (Å²) >= 11 is 0. The second-order valence-electron chi connectivity index (χ2n) is 5.18. The number of aryl methyl sites for hydroxylation is 1. The third-order valence-corrected chi connectivity index (χ3v) is 2.64. The fourth-order valence-electron chi connectivity index (χ4n) is 1.87. The van der Waals surface area contributed by atoms with Crippen LogP contribution >= 0.6 is 0 Å². The Bertz CT molecular complexity index is 348. The molecule has 0 aliphatic heterocycles. The molecule has 16 heavy (non-hydrogen) atoms. The van der Waals surface area contributed by atoms with Crippen LogP contribution in [-0.2, 0) is 17.9 Å². The van der Waals surface area contributed by atoms with E-state index in [2.05, 4.69) is 36.9 Å².